The first-order chi connectivity index (χ1) is 7.81. The molecule has 0 saturated heterocycles. The predicted octanol–water partition coefficient (Wildman–Crippen LogP) is 4.18. The van der Waals surface area contributed by atoms with Crippen LogP contribution in [0.5, 0.6) is 0 Å². The highest BCUT2D eigenvalue weighted by atomic mass is 14.3. The summed E-state index contributed by atoms with van der Waals surface area (Å²) < 4.78 is 0. The molecule has 0 nitrogen and oxygen atoms in total. The Morgan fingerprint density at radius 3 is 2.50 bits per heavy atom. The fourth-order valence-electron chi connectivity index (χ4n) is 3.60. The Morgan fingerprint density at radius 2 is 1.69 bits per heavy atom. The van der Waals surface area contributed by atoms with Crippen LogP contribution >= 0.6 is 0 Å². The summed E-state index contributed by atoms with van der Waals surface area (Å²) in [5, 5.41) is 0. The van der Waals surface area contributed by atoms with Gasteiger partial charge in [0.25, 0.3) is 0 Å². The molecule has 0 heteroatoms. The van der Waals surface area contributed by atoms with Crippen LogP contribution in [0, 0.1) is 0 Å². The molecular weight excluding hydrogens is 192 g/mol. The average molecular weight is 214 g/mol. The van der Waals surface area contributed by atoms with Gasteiger partial charge < -0.3 is 0 Å². The lowest BCUT2D eigenvalue weighted by Gasteiger charge is -2.18. The first kappa shape index (κ1) is 10.4. The second-order valence-corrected chi connectivity index (χ2v) is 5.58. The minimum atomic E-state index is 0.762. The van der Waals surface area contributed by atoms with Gasteiger partial charge in [-0.15, -0.1) is 0 Å². The van der Waals surface area contributed by atoms with Crippen molar-refractivity contribution in [3.8, 4) is 0 Å². The quantitative estimate of drug-likeness (QED) is 0.693. The molecule has 1 unspecified atom stereocenters. The first-order valence-electron chi connectivity index (χ1n) is 6.97. The molecule has 1 aromatic rings. The highest BCUT2D eigenvalue weighted by Gasteiger charge is 2.25. The molecule has 16 heavy (non-hydrogen) atoms. The molecule has 0 fully saturated rings. The SMILES string of the molecule is CCC(C)c1cc2c(c3c1CCC3)CCC2. The summed E-state index contributed by atoms with van der Waals surface area (Å²) >= 11 is 0. The van der Waals surface area contributed by atoms with Crippen molar-refractivity contribution in [3.63, 3.8) is 0 Å². The molecule has 0 bridgehead atoms. The number of hydrogen-bond donors (Lipinski definition) is 0. The lowest BCUT2D eigenvalue weighted by Crippen LogP contribution is -2.02. The molecule has 1 aromatic carbocycles. The Hall–Kier alpha value is -0.780. The maximum atomic E-state index is 2.56. The van der Waals surface area contributed by atoms with Crippen molar-refractivity contribution < 1.29 is 0 Å². The lowest BCUT2D eigenvalue weighted by molar-refractivity contribution is 0.722. The molecule has 0 N–H and O–H groups in total. The van der Waals surface area contributed by atoms with E-state index in [2.05, 4.69) is 19.9 Å². The van der Waals surface area contributed by atoms with Gasteiger partial charge in [0.05, 0.1) is 0 Å². The molecule has 0 heterocycles. The van der Waals surface area contributed by atoms with Crippen LogP contribution in [0.25, 0.3) is 0 Å². The lowest BCUT2D eigenvalue weighted by atomic mass is 9.87. The Morgan fingerprint density at radius 1 is 1.00 bits per heavy atom. The molecular formula is C16H22. The maximum absolute atomic E-state index is 2.56. The van der Waals surface area contributed by atoms with E-state index in [0.717, 1.165) is 5.92 Å². The molecule has 1 atom stereocenters. The van der Waals surface area contributed by atoms with E-state index in [1.54, 1.807) is 27.8 Å². The molecule has 0 aliphatic heterocycles. The van der Waals surface area contributed by atoms with E-state index < -0.39 is 0 Å². The van der Waals surface area contributed by atoms with Crippen LogP contribution in [0.15, 0.2) is 6.07 Å². The van der Waals surface area contributed by atoms with Gasteiger partial charge in [0.2, 0.25) is 0 Å². The largest absolute Gasteiger partial charge is 0.0648 e. The monoisotopic (exact) mass is 214 g/mol. The van der Waals surface area contributed by atoms with Crippen LogP contribution in [-0.4, -0.2) is 0 Å². The number of hydrogen-bond acceptors (Lipinski definition) is 0. The minimum Gasteiger partial charge on any atom is -0.0648 e. The van der Waals surface area contributed by atoms with E-state index in [1.807, 2.05) is 0 Å². The third-order valence-corrected chi connectivity index (χ3v) is 4.66. The van der Waals surface area contributed by atoms with Crippen LogP contribution in [0.3, 0.4) is 0 Å². The predicted molar refractivity (Wildman–Crippen MR) is 69.2 cm³/mol. The molecule has 3 rings (SSSR count). The summed E-state index contributed by atoms with van der Waals surface area (Å²) in [6, 6.07) is 2.56. The van der Waals surface area contributed by atoms with Gasteiger partial charge in [-0.25, -0.2) is 0 Å². The number of aryl methyl sites for hydroxylation is 1. The van der Waals surface area contributed by atoms with Crippen molar-refractivity contribution in [3.05, 3.63) is 33.9 Å². The summed E-state index contributed by atoms with van der Waals surface area (Å²) in [5.74, 6) is 0.762. The third kappa shape index (κ3) is 1.43. The van der Waals surface area contributed by atoms with Gasteiger partial charge in [0, 0.05) is 0 Å². The normalized spacial score (nSPS) is 19.6. The fourth-order valence-corrected chi connectivity index (χ4v) is 3.60. The van der Waals surface area contributed by atoms with Crippen LogP contribution in [0.4, 0.5) is 0 Å². The average Bonchev–Trinajstić information content (AvgIpc) is 2.93. The minimum absolute atomic E-state index is 0.762. The van der Waals surface area contributed by atoms with Crippen LogP contribution in [0.2, 0.25) is 0 Å². The maximum Gasteiger partial charge on any atom is -0.0190 e. The van der Waals surface area contributed by atoms with Crippen molar-refractivity contribution in [2.45, 2.75) is 64.7 Å². The summed E-state index contributed by atoms with van der Waals surface area (Å²) in [5.41, 5.74) is 8.64. The topological polar surface area (TPSA) is 0 Å². The summed E-state index contributed by atoms with van der Waals surface area (Å²) in [6.45, 7) is 4.72. The zero-order valence-corrected chi connectivity index (χ0v) is 10.6. The van der Waals surface area contributed by atoms with Crippen LogP contribution < -0.4 is 0 Å². The van der Waals surface area contributed by atoms with Gasteiger partial charge >= 0.3 is 0 Å². The third-order valence-electron chi connectivity index (χ3n) is 4.66. The van der Waals surface area contributed by atoms with Gasteiger partial charge in [-0.05, 0) is 78.7 Å². The molecule has 2 aliphatic rings. The second-order valence-electron chi connectivity index (χ2n) is 5.58. The Balaban J connectivity index is 2.16. The van der Waals surface area contributed by atoms with E-state index in [9.17, 15) is 0 Å². The number of rotatable bonds is 2. The van der Waals surface area contributed by atoms with Crippen LogP contribution in [-0.2, 0) is 25.7 Å². The van der Waals surface area contributed by atoms with Crippen molar-refractivity contribution in [2.24, 2.45) is 0 Å². The second kappa shape index (κ2) is 3.91. The van der Waals surface area contributed by atoms with Crippen LogP contribution in [0.1, 0.15) is 66.8 Å². The Labute approximate surface area is 99.1 Å². The molecule has 2 aliphatic carbocycles. The zero-order valence-electron chi connectivity index (χ0n) is 10.6. The molecule has 0 amide bonds. The summed E-state index contributed by atoms with van der Waals surface area (Å²) in [7, 11) is 0. The van der Waals surface area contributed by atoms with Gasteiger partial charge in [-0.3, -0.25) is 0 Å². The van der Waals surface area contributed by atoms with Crippen molar-refractivity contribution in [1.29, 1.82) is 0 Å². The smallest absolute Gasteiger partial charge is 0.0190 e. The standard InChI is InChI=1S/C16H22/c1-3-11(2)16-10-12-6-4-7-13(12)14-8-5-9-15(14)16/h10-11H,3-9H2,1-2H3. The van der Waals surface area contributed by atoms with Crippen molar-refractivity contribution in [2.75, 3.05) is 0 Å². The summed E-state index contributed by atoms with van der Waals surface area (Å²) in [6.07, 6.45) is 9.49. The van der Waals surface area contributed by atoms with Gasteiger partial charge in [-0.1, -0.05) is 19.9 Å². The van der Waals surface area contributed by atoms with Gasteiger partial charge in [0.1, 0.15) is 0 Å². The highest BCUT2D eigenvalue weighted by Crippen LogP contribution is 2.38. The van der Waals surface area contributed by atoms with Gasteiger partial charge in [0.15, 0.2) is 0 Å². The molecule has 0 spiro atoms. The van der Waals surface area contributed by atoms with E-state index in [1.165, 1.54) is 44.9 Å². The van der Waals surface area contributed by atoms with E-state index in [-0.39, 0.29) is 0 Å². The zero-order chi connectivity index (χ0) is 11.1. The molecule has 0 radical (unpaired) electrons. The van der Waals surface area contributed by atoms with Crippen molar-refractivity contribution in [1.82, 2.24) is 0 Å². The van der Waals surface area contributed by atoms with E-state index in [4.69, 9.17) is 0 Å². The Kier molecular flexibility index (Phi) is 2.53. The molecule has 0 saturated carbocycles. The first-order valence-corrected chi connectivity index (χ1v) is 6.97. The summed E-state index contributed by atoms with van der Waals surface area (Å²) in [4.78, 5) is 0. The van der Waals surface area contributed by atoms with Crippen molar-refractivity contribution >= 4 is 0 Å². The van der Waals surface area contributed by atoms with E-state index >= 15 is 0 Å². The molecule has 86 valence electrons. The highest BCUT2D eigenvalue weighted by molar-refractivity contribution is 5.51. The number of fused-ring (bicyclic) bond motifs is 3. The number of benzene rings is 1. The van der Waals surface area contributed by atoms with E-state index in [0.29, 0.717) is 0 Å². The molecule has 0 aromatic heterocycles. The fraction of sp³-hybridized carbons (Fsp3) is 0.625. The Bertz CT molecular complexity index is 415. The van der Waals surface area contributed by atoms with Gasteiger partial charge in [-0.2, -0.15) is 0 Å².